The van der Waals surface area contributed by atoms with E-state index in [9.17, 15) is 4.79 Å². The number of carbonyl (C=O) groups is 1. The molecule has 1 fully saturated rings. The van der Waals surface area contributed by atoms with E-state index in [-0.39, 0.29) is 18.1 Å². The SMILES string of the molecule is O=C(OC1CCOC1)[C@@H]1Cc2ccccc2N1. The fourth-order valence-corrected chi connectivity index (χ4v) is 2.29. The van der Waals surface area contributed by atoms with Crippen molar-refractivity contribution < 1.29 is 14.3 Å². The predicted molar refractivity (Wildman–Crippen MR) is 62.9 cm³/mol. The van der Waals surface area contributed by atoms with Crippen LogP contribution in [-0.4, -0.2) is 31.3 Å². The summed E-state index contributed by atoms with van der Waals surface area (Å²) in [6, 6.07) is 7.73. The van der Waals surface area contributed by atoms with E-state index >= 15 is 0 Å². The lowest BCUT2D eigenvalue weighted by molar-refractivity contribution is -0.149. The second kappa shape index (κ2) is 4.37. The molecule has 0 spiro atoms. The molecular formula is C13H15NO3. The molecule has 0 aromatic heterocycles. The van der Waals surface area contributed by atoms with Crippen molar-refractivity contribution in [1.82, 2.24) is 0 Å². The maximum absolute atomic E-state index is 11.9. The summed E-state index contributed by atoms with van der Waals surface area (Å²) in [5, 5.41) is 3.19. The lowest BCUT2D eigenvalue weighted by Crippen LogP contribution is -2.32. The number of rotatable bonds is 2. The van der Waals surface area contributed by atoms with Gasteiger partial charge in [-0.3, -0.25) is 0 Å². The Bertz CT molecular complexity index is 401. The summed E-state index contributed by atoms with van der Waals surface area (Å²) in [5.74, 6) is -0.170. The monoisotopic (exact) mass is 233 g/mol. The number of benzene rings is 1. The van der Waals surface area contributed by atoms with E-state index in [2.05, 4.69) is 5.32 Å². The third kappa shape index (κ3) is 2.13. The van der Waals surface area contributed by atoms with E-state index in [1.807, 2.05) is 24.3 Å². The largest absolute Gasteiger partial charge is 0.458 e. The van der Waals surface area contributed by atoms with Crippen LogP contribution < -0.4 is 5.32 Å². The molecule has 1 saturated heterocycles. The highest BCUT2D eigenvalue weighted by Crippen LogP contribution is 2.26. The van der Waals surface area contributed by atoms with Gasteiger partial charge in [-0.2, -0.15) is 0 Å². The number of esters is 1. The summed E-state index contributed by atoms with van der Waals surface area (Å²) in [6.07, 6.45) is 1.46. The molecule has 17 heavy (non-hydrogen) atoms. The number of para-hydroxylation sites is 1. The Balaban J connectivity index is 1.62. The second-order valence-corrected chi connectivity index (χ2v) is 4.48. The van der Waals surface area contributed by atoms with E-state index < -0.39 is 0 Å². The van der Waals surface area contributed by atoms with Gasteiger partial charge in [0.25, 0.3) is 0 Å². The average Bonchev–Trinajstić information content (AvgIpc) is 2.96. The van der Waals surface area contributed by atoms with Gasteiger partial charge >= 0.3 is 5.97 Å². The molecule has 2 aliphatic heterocycles. The van der Waals surface area contributed by atoms with Gasteiger partial charge < -0.3 is 14.8 Å². The van der Waals surface area contributed by atoms with Crippen molar-refractivity contribution in [3.8, 4) is 0 Å². The van der Waals surface area contributed by atoms with Gasteiger partial charge in [-0.15, -0.1) is 0 Å². The standard InChI is InChI=1S/C13H15NO3/c15-13(17-10-5-6-16-8-10)12-7-9-3-1-2-4-11(9)14-12/h1-4,10,12,14H,5-8H2/t10?,12-/m0/s1. The number of hydrogen-bond donors (Lipinski definition) is 1. The predicted octanol–water partition coefficient (Wildman–Crippen LogP) is 1.36. The molecule has 2 atom stereocenters. The highest BCUT2D eigenvalue weighted by molar-refractivity contribution is 5.83. The normalized spacial score (nSPS) is 26.4. The van der Waals surface area contributed by atoms with Gasteiger partial charge in [-0.1, -0.05) is 18.2 Å². The first-order valence-corrected chi connectivity index (χ1v) is 5.95. The zero-order chi connectivity index (χ0) is 11.7. The van der Waals surface area contributed by atoms with Crippen LogP contribution in [0.15, 0.2) is 24.3 Å². The van der Waals surface area contributed by atoms with Crippen LogP contribution in [0.25, 0.3) is 0 Å². The topological polar surface area (TPSA) is 47.6 Å². The molecule has 0 radical (unpaired) electrons. The Morgan fingerprint density at radius 1 is 1.41 bits per heavy atom. The maximum Gasteiger partial charge on any atom is 0.329 e. The second-order valence-electron chi connectivity index (χ2n) is 4.48. The Hall–Kier alpha value is -1.55. The highest BCUT2D eigenvalue weighted by atomic mass is 16.6. The Morgan fingerprint density at radius 2 is 2.29 bits per heavy atom. The first kappa shape index (κ1) is 10.6. The summed E-state index contributed by atoms with van der Waals surface area (Å²) in [6.45, 7) is 1.22. The molecule has 0 bridgehead atoms. The third-order valence-electron chi connectivity index (χ3n) is 3.23. The molecule has 0 aliphatic carbocycles. The molecule has 1 aromatic carbocycles. The highest BCUT2D eigenvalue weighted by Gasteiger charge is 2.30. The first-order chi connectivity index (χ1) is 8.33. The van der Waals surface area contributed by atoms with Crippen LogP contribution in [0.2, 0.25) is 0 Å². The van der Waals surface area contributed by atoms with Crippen molar-refractivity contribution in [3.63, 3.8) is 0 Å². The number of anilines is 1. The molecule has 2 heterocycles. The number of hydrogen-bond acceptors (Lipinski definition) is 4. The van der Waals surface area contributed by atoms with E-state index in [0.29, 0.717) is 19.6 Å². The van der Waals surface area contributed by atoms with E-state index in [4.69, 9.17) is 9.47 Å². The van der Waals surface area contributed by atoms with E-state index in [0.717, 1.165) is 12.1 Å². The molecule has 4 nitrogen and oxygen atoms in total. The number of fused-ring (bicyclic) bond motifs is 1. The molecule has 2 aliphatic rings. The zero-order valence-corrected chi connectivity index (χ0v) is 9.52. The smallest absolute Gasteiger partial charge is 0.329 e. The van der Waals surface area contributed by atoms with Crippen LogP contribution >= 0.6 is 0 Å². The molecule has 90 valence electrons. The fourth-order valence-electron chi connectivity index (χ4n) is 2.29. The van der Waals surface area contributed by atoms with E-state index in [1.54, 1.807) is 0 Å². The minimum Gasteiger partial charge on any atom is -0.458 e. The van der Waals surface area contributed by atoms with Gasteiger partial charge in [-0.05, 0) is 11.6 Å². The summed E-state index contributed by atoms with van der Waals surface area (Å²) in [5.41, 5.74) is 2.22. The van der Waals surface area contributed by atoms with Crippen LogP contribution in [0.4, 0.5) is 5.69 Å². The van der Waals surface area contributed by atoms with Crippen molar-refractivity contribution in [1.29, 1.82) is 0 Å². The molecule has 1 unspecified atom stereocenters. The Kier molecular flexibility index (Phi) is 2.73. The third-order valence-corrected chi connectivity index (χ3v) is 3.23. The van der Waals surface area contributed by atoms with Gasteiger partial charge in [0.1, 0.15) is 12.1 Å². The summed E-state index contributed by atoms with van der Waals surface area (Å²) in [4.78, 5) is 11.9. The lowest BCUT2D eigenvalue weighted by Gasteiger charge is -2.14. The Labute approximate surface area is 99.9 Å². The number of nitrogens with one attached hydrogen (secondary N) is 1. The molecule has 1 aromatic rings. The molecule has 3 rings (SSSR count). The molecule has 4 heteroatoms. The van der Waals surface area contributed by atoms with Crippen molar-refractivity contribution in [2.75, 3.05) is 18.5 Å². The van der Waals surface area contributed by atoms with Gasteiger partial charge in [0.2, 0.25) is 0 Å². The quantitative estimate of drug-likeness (QED) is 0.783. The lowest BCUT2D eigenvalue weighted by atomic mass is 10.1. The number of ether oxygens (including phenoxy) is 2. The van der Waals surface area contributed by atoms with Gasteiger partial charge in [0.05, 0.1) is 13.2 Å². The molecule has 1 N–H and O–H groups in total. The zero-order valence-electron chi connectivity index (χ0n) is 9.52. The molecular weight excluding hydrogens is 218 g/mol. The van der Waals surface area contributed by atoms with Crippen LogP contribution in [0.1, 0.15) is 12.0 Å². The maximum atomic E-state index is 11.9. The first-order valence-electron chi connectivity index (χ1n) is 5.95. The van der Waals surface area contributed by atoms with Crippen molar-refractivity contribution in [3.05, 3.63) is 29.8 Å². The average molecular weight is 233 g/mol. The van der Waals surface area contributed by atoms with Crippen molar-refractivity contribution in [2.45, 2.75) is 25.0 Å². The van der Waals surface area contributed by atoms with Crippen molar-refractivity contribution >= 4 is 11.7 Å². The van der Waals surface area contributed by atoms with Crippen LogP contribution in [-0.2, 0) is 20.7 Å². The van der Waals surface area contributed by atoms with Gasteiger partial charge in [-0.25, -0.2) is 4.79 Å². The molecule has 0 amide bonds. The van der Waals surface area contributed by atoms with Crippen LogP contribution in [0, 0.1) is 0 Å². The van der Waals surface area contributed by atoms with Crippen LogP contribution in [0.3, 0.4) is 0 Å². The van der Waals surface area contributed by atoms with E-state index in [1.165, 1.54) is 5.56 Å². The van der Waals surface area contributed by atoms with Crippen molar-refractivity contribution in [2.24, 2.45) is 0 Å². The summed E-state index contributed by atoms with van der Waals surface area (Å²) >= 11 is 0. The minimum absolute atomic E-state index is 0.0620. The number of carbonyl (C=O) groups excluding carboxylic acids is 1. The van der Waals surface area contributed by atoms with Gasteiger partial charge in [0, 0.05) is 18.5 Å². The molecule has 0 saturated carbocycles. The Morgan fingerprint density at radius 3 is 3.06 bits per heavy atom. The van der Waals surface area contributed by atoms with Crippen LogP contribution in [0.5, 0.6) is 0 Å². The summed E-state index contributed by atoms with van der Waals surface area (Å²) < 4.78 is 10.6. The van der Waals surface area contributed by atoms with Gasteiger partial charge in [0.15, 0.2) is 0 Å². The minimum atomic E-state index is -0.243. The fraction of sp³-hybridized carbons (Fsp3) is 0.462. The summed E-state index contributed by atoms with van der Waals surface area (Å²) in [7, 11) is 0.